The van der Waals surface area contributed by atoms with Gasteiger partial charge in [0.1, 0.15) is 5.76 Å². The van der Waals surface area contributed by atoms with E-state index in [1.807, 2.05) is 19.9 Å². The van der Waals surface area contributed by atoms with Gasteiger partial charge in [-0.1, -0.05) is 26.0 Å². The van der Waals surface area contributed by atoms with Gasteiger partial charge < -0.3 is 9.73 Å². The van der Waals surface area contributed by atoms with Gasteiger partial charge >= 0.3 is 0 Å². The van der Waals surface area contributed by atoms with Gasteiger partial charge in [0.25, 0.3) is 0 Å². The second kappa shape index (κ2) is 9.33. The second-order valence-corrected chi connectivity index (χ2v) is 8.43. The highest BCUT2D eigenvalue weighted by molar-refractivity contribution is 14.1. The van der Waals surface area contributed by atoms with Crippen LogP contribution in [-0.4, -0.2) is 31.7 Å². The Morgan fingerprint density at radius 2 is 1.81 bits per heavy atom. The Bertz CT molecular complexity index is 869. The lowest BCUT2D eigenvalue weighted by Gasteiger charge is -2.18. The molecular formula is C18H21IN2O4S. The third-order valence-electron chi connectivity index (χ3n) is 3.73. The topological polar surface area (TPSA) is 79.6 Å². The van der Waals surface area contributed by atoms with Crippen LogP contribution in [0.2, 0.25) is 0 Å². The van der Waals surface area contributed by atoms with Crippen LogP contribution in [-0.2, 0) is 21.4 Å². The van der Waals surface area contributed by atoms with E-state index in [0.29, 0.717) is 25.4 Å². The van der Waals surface area contributed by atoms with Crippen LogP contribution in [0.15, 0.2) is 51.8 Å². The van der Waals surface area contributed by atoms with Crippen LogP contribution in [0.5, 0.6) is 0 Å². The average Bonchev–Trinajstić information content (AvgIpc) is 3.04. The van der Waals surface area contributed by atoms with E-state index in [2.05, 4.69) is 27.9 Å². The van der Waals surface area contributed by atoms with E-state index in [0.717, 1.165) is 9.33 Å². The number of hydrogen-bond acceptors (Lipinski definition) is 4. The highest BCUT2D eigenvalue weighted by Gasteiger charge is 2.21. The summed E-state index contributed by atoms with van der Waals surface area (Å²) in [5, 5.41) is 2.75. The van der Waals surface area contributed by atoms with Crippen LogP contribution in [0.3, 0.4) is 0 Å². The number of sulfonamides is 1. The molecule has 0 atom stereocenters. The minimum Gasteiger partial charge on any atom is -0.451 e. The summed E-state index contributed by atoms with van der Waals surface area (Å²) in [5.41, 5.74) is 0.817. The molecule has 26 heavy (non-hydrogen) atoms. The summed E-state index contributed by atoms with van der Waals surface area (Å²) >= 11 is 2.05. The standard InChI is InChI=1S/C18H21IN2O4S/c1-3-21(4-2)26(23,24)16-9-5-14(6-10-16)13-20-18(22)12-8-15-7-11-17(19)25-15/h5-12H,3-4,13H2,1-2H3,(H,20,22)/b12-8+. The molecule has 2 aromatic rings. The molecule has 0 aliphatic heterocycles. The van der Waals surface area contributed by atoms with Crippen LogP contribution >= 0.6 is 22.6 Å². The van der Waals surface area contributed by atoms with Crippen molar-refractivity contribution in [3.63, 3.8) is 0 Å². The third-order valence-corrected chi connectivity index (χ3v) is 6.37. The molecule has 0 bridgehead atoms. The minimum atomic E-state index is -3.46. The first-order chi connectivity index (χ1) is 12.4. The maximum Gasteiger partial charge on any atom is 0.244 e. The molecule has 0 saturated heterocycles. The number of carbonyl (C=O) groups excluding carboxylic acids is 1. The number of hydrogen-bond donors (Lipinski definition) is 1. The molecule has 0 saturated carbocycles. The fourth-order valence-electron chi connectivity index (χ4n) is 2.32. The molecule has 1 N–H and O–H groups in total. The fraction of sp³-hybridized carbons (Fsp3) is 0.278. The third kappa shape index (κ3) is 5.42. The summed E-state index contributed by atoms with van der Waals surface area (Å²) in [5.74, 6) is 0.353. The van der Waals surface area contributed by atoms with E-state index in [1.54, 1.807) is 36.4 Å². The molecule has 6 nitrogen and oxygen atoms in total. The number of rotatable bonds is 8. The van der Waals surface area contributed by atoms with Gasteiger partial charge in [0, 0.05) is 25.7 Å². The molecule has 1 aromatic carbocycles. The van der Waals surface area contributed by atoms with Crippen molar-refractivity contribution < 1.29 is 17.6 Å². The van der Waals surface area contributed by atoms with E-state index in [1.165, 1.54) is 10.4 Å². The minimum absolute atomic E-state index is 0.253. The SMILES string of the molecule is CCN(CC)S(=O)(=O)c1ccc(CNC(=O)/C=C/c2ccc(I)o2)cc1. The zero-order chi connectivity index (χ0) is 19.2. The number of amides is 1. The summed E-state index contributed by atoms with van der Waals surface area (Å²) < 4.78 is 32.4. The number of nitrogens with one attached hydrogen (secondary N) is 1. The molecule has 0 aliphatic carbocycles. The Hall–Kier alpha value is -1.65. The number of furan rings is 1. The Labute approximate surface area is 167 Å². The molecule has 1 heterocycles. The van der Waals surface area contributed by atoms with Gasteiger partial charge in [0.2, 0.25) is 15.9 Å². The summed E-state index contributed by atoms with van der Waals surface area (Å²) in [6.45, 7) is 4.78. The molecule has 8 heteroatoms. The van der Waals surface area contributed by atoms with E-state index in [9.17, 15) is 13.2 Å². The summed E-state index contributed by atoms with van der Waals surface area (Å²) in [4.78, 5) is 12.1. The zero-order valence-corrected chi connectivity index (χ0v) is 17.6. The molecular weight excluding hydrogens is 467 g/mol. The monoisotopic (exact) mass is 488 g/mol. The number of carbonyl (C=O) groups is 1. The van der Waals surface area contributed by atoms with Crippen LogP contribution in [0.1, 0.15) is 25.2 Å². The largest absolute Gasteiger partial charge is 0.451 e. The predicted octanol–water partition coefficient (Wildman–Crippen LogP) is 3.24. The van der Waals surface area contributed by atoms with Gasteiger partial charge in [0.15, 0.2) is 3.77 Å². The van der Waals surface area contributed by atoms with E-state index < -0.39 is 10.0 Å². The Balaban J connectivity index is 1.95. The van der Waals surface area contributed by atoms with Crippen molar-refractivity contribution in [3.8, 4) is 0 Å². The number of halogens is 1. The highest BCUT2D eigenvalue weighted by atomic mass is 127. The maximum atomic E-state index is 12.4. The van der Waals surface area contributed by atoms with Gasteiger partial charge in [-0.25, -0.2) is 8.42 Å². The summed E-state index contributed by atoms with van der Waals surface area (Å²) in [6, 6.07) is 10.1. The summed E-state index contributed by atoms with van der Waals surface area (Å²) in [7, 11) is -3.46. The number of benzene rings is 1. The van der Waals surface area contributed by atoms with Crippen molar-refractivity contribution in [1.29, 1.82) is 0 Å². The molecule has 0 radical (unpaired) electrons. The van der Waals surface area contributed by atoms with Crippen molar-refractivity contribution in [2.24, 2.45) is 0 Å². The first-order valence-electron chi connectivity index (χ1n) is 8.17. The predicted molar refractivity (Wildman–Crippen MR) is 109 cm³/mol. The fourth-order valence-corrected chi connectivity index (χ4v) is 4.21. The lowest BCUT2D eigenvalue weighted by Crippen LogP contribution is -2.30. The first-order valence-corrected chi connectivity index (χ1v) is 10.7. The van der Waals surface area contributed by atoms with Gasteiger partial charge in [-0.2, -0.15) is 4.31 Å². The highest BCUT2D eigenvalue weighted by Crippen LogP contribution is 2.16. The smallest absolute Gasteiger partial charge is 0.244 e. The van der Waals surface area contributed by atoms with Crippen molar-refractivity contribution in [3.05, 3.63) is 57.6 Å². The molecule has 0 unspecified atom stereocenters. The average molecular weight is 488 g/mol. The van der Waals surface area contributed by atoms with Crippen LogP contribution in [0.4, 0.5) is 0 Å². The normalized spacial score (nSPS) is 12.0. The van der Waals surface area contributed by atoms with Crippen molar-refractivity contribution >= 4 is 44.6 Å². The van der Waals surface area contributed by atoms with Crippen LogP contribution in [0, 0.1) is 3.77 Å². The Kier molecular flexibility index (Phi) is 7.42. The second-order valence-electron chi connectivity index (χ2n) is 5.43. The van der Waals surface area contributed by atoms with Gasteiger partial charge in [0.05, 0.1) is 4.90 Å². The zero-order valence-electron chi connectivity index (χ0n) is 14.6. The molecule has 0 fully saturated rings. The first kappa shape index (κ1) is 20.7. The molecule has 2 rings (SSSR count). The molecule has 0 aliphatic rings. The molecule has 1 aromatic heterocycles. The summed E-state index contributed by atoms with van der Waals surface area (Å²) in [6.07, 6.45) is 2.99. The van der Waals surface area contributed by atoms with Gasteiger partial charge in [-0.05, 0) is 58.5 Å². The van der Waals surface area contributed by atoms with Crippen molar-refractivity contribution in [2.75, 3.05) is 13.1 Å². The van der Waals surface area contributed by atoms with Crippen LogP contribution < -0.4 is 5.32 Å². The maximum absolute atomic E-state index is 12.4. The quantitative estimate of drug-likeness (QED) is 0.457. The number of nitrogens with zero attached hydrogens (tertiary/aromatic N) is 1. The Morgan fingerprint density at radius 3 is 2.35 bits per heavy atom. The molecule has 1 amide bonds. The van der Waals surface area contributed by atoms with E-state index in [-0.39, 0.29) is 10.8 Å². The Morgan fingerprint density at radius 1 is 1.15 bits per heavy atom. The lowest BCUT2D eigenvalue weighted by atomic mass is 10.2. The molecule has 140 valence electrons. The lowest BCUT2D eigenvalue weighted by molar-refractivity contribution is -0.116. The van der Waals surface area contributed by atoms with Crippen molar-refractivity contribution in [2.45, 2.75) is 25.3 Å². The van der Waals surface area contributed by atoms with Gasteiger partial charge in [-0.15, -0.1) is 0 Å². The van der Waals surface area contributed by atoms with Gasteiger partial charge in [-0.3, -0.25) is 4.79 Å². The van der Waals surface area contributed by atoms with Crippen LogP contribution in [0.25, 0.3) is 6.08 Å². The van der Waals surface area contributed by atoms with E-state index in [4.69, 9.17) is 4.42 Å². The molecule has 0 spiro atoms. The van der Waals surface area contributed by atoms with E-state index >= 15 is 0 Å². The van der Waals surface area contributed by atoms with Crippen molar-refractivity contribution in [1.82, 2.24) is 9.62 Å².